The van der Waals surface area contributed by atoms with Crippen LogP contribution in [0.2, 0.25) is 0 Å². The Balaban J connectivity index is 1.73. The first-order valence-corrected chi connectivity index (χ1v) is 14.5. The molecule has 1 fully saturated rings. The Labute approximate surface area is 267 Å². The topological polar surface area (TPSA) is 50.4 Å². The molecule has 4 nitrogen and oxygen atoms in total. The van der Waals surface area contributed by atoms with Gasteiger partial charge in [0.25, 0.3) is 5.91 Å². The Morgan fingerprint density at radius 1 is 0.812 bits per heavy atom. The third-order valence-electron chi connectivity index (χ3n) is 7.74. The number of carbonyl (C=O) groups excluding carboxylic acids is 1. The molecule has 254 valence electrons. The van der Waals surface area contributed by atoms with Gasteiger partial charge in [-0.2, -0.15) is 30.7 Å². The van der Waals surface area contributed by atoms with Gasteiger partial charge < -0.3 is 15.4 Å². The minimum atomic E-state index is -5.19. The lowest BCUT2D eigenvalue weighted by atomic mass is 9.77. The largest absolute Gasteiger partial charge is 0.461 e. The van der Waals surface area contributed by atoms with Crippen molar-refractivity contribution in [3.05, 3.63) is 136 Å². The number of halogens is 10. The monoisotopic (exact) mass is 684 g/mol. The molecule has 0 aliphatic heterocycles. The van der Waals surface area contributed by atoms with Gasteiger partial charge in [-0.3, -0.25) is 4.79 Å². The number of rotatable bonds is 12. The number of nitrogens with one attached hydrogen (secondary N) is 2. The second kappa shape index (κ2) is 13.5. The first kappa shape index (κ1) is 34.7. The Morgan fingerprint density at radius 3 is 2.15 bits per heavy atom. The zero-order chi connectivity index (χ0) is 34.9. The summed E-state index contributed by atoms with van der Waals surface area (Å²) in [7, 11) is 0. The smallest absolute Gasteiger partial charge is 0.428 e. The van der Waals surface area contributed by atoms with Crippen LogP contribution in [0.15, 0.2) is 84.9 Å². The quantitative estimate of drug-likeness (QED) is 0.147. The molecule has 1 aliphatic carbocycles. The predicted molar refractivity (Wildman–Crippen MR) is 154 cm³/mol. The predicted octanol–water partition coefficient (Wildman–Crippen LogP) is 8.53. The van der Waals surface area contributed by atoms with Gasteiger partial charge in [0, 0.05) is 36.2 Å². The maximum absolute atomic E-state index is 15.2. The summed E-state index contributed by atoms with van der Waals surface area (Å²) in [6.45, 7) is 0.00469. The van der Waals surface area contributed by atoms with E-state index in [1.807, 2.05) is 0 Å². The van der Waals surface area contributed by atoms with Crippen LogP contribution in [0.5, 0.6) is 5.75 Å². The number of amides is 1. The van der Waals surface area contributed by atoms with Crippen LogP contribution in [-0.4, -0.2) is 24.5 Å². The van der Waals surface area contributed by atoms with Crippen molar-refractivity contribution in [2.24, 2.45) is 0 Å². The number of hydrogen-bond donors (Lipinski definition) is 2. The van der Waals surface area contributed by atoms with Gasteiger partial charge >= 0.3 is 18.7 Å². The second-order valence-corrected chi connectivity index (χ2v) is 11.3. The summed E-state index contributed by atoms with van der Waals surface area (Å²) in [5.74, 6) is -5.92. The summed E-state index contributed by atoms with van der Waals surface area (Å²) in [6, 6.07) is 15.0. The van der Waals surface area contributed by atoms with E-state index in [2.05, 4.69) is 15.4 Å². The van der Waals surface area contributed by atoms with E-state index in [1.54, 1.807) is 30.3 Å². The summed E-state index contributed by atoms with van der Waals surface area (Å²) in [5.41, 5.74) is -4.41. The van der Waals surface area contributed by atoms with Crippen molar-refractivity contribution >= 4 is 5.91 Å². The maximum atomic E-state index is 15.2. The fraction of sp³-hybridized carbons (Fsp3) is 0.265. The first-order valence-electron chi connectivity index (χ1n) is 14.5. The first-order chi connectivity index (χ1) is 22.6. The van der Waals surface area contributed by atoms with Gasteiger partial charge in [0.05, 0.1) is 11.1 Å². The highest BCUT2D eigenvalue weighted by Crippen LogP contribution is 2.39. The average molecular weight is 685 g/mol. The van der Waals surface area contributed by atoms with Crippen LogP contribution in [0.4, 0.5) is 43.9 Å². The van der Waals surface area contributed by atoms with E-state index in [1.165, 1.54) is 12.1 Å². The van der Waals surface area contributed by atoms with Gasteiger partial charge in [-0.05, 0) is 72.0 Å². The van der Waals surface area contributed by atoms with Crippen LogP contribution in [0.3, 0.4) is 0 Å². The summed E-state index contributed by atoms with van der Waals surface area (Å²) in [6.07, 6.45) is -13.2. The molecule has 1 saturated carbocycles. The lowest BCUT2D eigenvalue weighted by molar-refractivity contribution is -0.253. The van der Waals surface area contributed by atoms with Crippen LogP contribution < -0.4 is 15.4 Å². The van der Waals surface area contributed by atoms with E-state index < -0.39 is 64.5 Å². The maximum Gasteiger partial charge on any atom is 0.461 e. The number of hydrogen-bond acceptors (Lipinski definition) is 3. The van der Waals surface area contributed by atoms with Crippen LogP contribution in [0.1, 0.15) is 51.0 Å². The van der Waals surface area contributed by atoms with E-state index >= 15 is 8.78 Å². The van der Waals surface area contributed by atoms with Crippen LogP contribution in [0.25, 0.3) is 0 Å². The third-order valence-corrected chi connectivity index (χ3v) is 7.74. The number of alkyl halides is 7. The molecule has 1 amide bonds. The normalized spacial score (nSPS) is 14.9. The second-order valence-electron chi connectivity index (χ2n) is 11.3. The summed E-state index contributed by atoms with van der Waals surface area (Å²) in [5, 5.41) is 5.69. The highest BCUT2D eigenvalue weighted by Gasteiger charge is 2.45. The average Bonchev–Trinajstić information content (AvgIpc) is 3.84. The molecule has 0 unspecified atom stereocenters. The van der Waals surface area contributed by atoms with E-state index in [9.17, 15) is 39.9 Å². The zero-order valence-electron chi connectivity index (χ0n) is 24.7. The molecule has 1 aliphatic rings. The lowest BCUT2D eigenvalue weighted by Crippen LogP contribution is -2.49. The van der Waals surface area contributed by atoms with Crippen molar-refractivity contribution in [3.63, 3.8) is 0 Å². The van der Waals surface area contributed by atoms with E-state index in [0.29, 0.717) is 17.7 Å². The molecule has 4 aromatic rings. The Bertz CT molecular complexity index is 1780. The highest BCUT2D eigenvalue weighted by molar-refractivity contribution is 5.95. The minimum Gasteiger partial charge on any atom is -0.428 e. The van der Waals surface area contributed by atoms with Gasteiger partial charge in [0.15, 0.2) is 0 Å². The number of carbonyl (C=O) groups is 1. The molecule has 48 heavy (non-hydrogen) atoms. The molecule has 4 aromatic carbocycles. The summed E-state index contributed by atoms with van der Waals surface area (Å²) in [4.78, 5) is 13.8. The van der Waals surface area contributed by atoms with Crippen molar-refractivity contribution in [2.75, 3.05) is 0 Å². The SMILES string of the molecule is O=C(N[C@@](Cc1ccccc1)(c1cc(F)cc(OC(F)(F)C(F)F)c1)c1ccc(F)c(CNC2CC2)c1)c1ccc(F)c(C(F)(F)F)c1. The Kier molecular flexibility index (Phi) is 9.77. The molecule has 0 saturated heterocycles. The van der Waals surface area contributed by atoms with Crippen molar-refractivity contribution in [3.8, 4) is 5.75 Å². The van der Waals surface area contributed by atoms with Crippen LogP contribution >= 0.6 is 0 Å². The summed E-state index contributed by atoms with van der Waals surface area (Å²) < 4.78 is 143. The van der Waals surface area contributed by atoms with Crippen LogP contribution in [-0.2, 0) is 24.7 Å². The molecule has 5 rings (SSSR count). The van der Waals surface area contributed by atoms with Crippen molar-refractivity contribution < 1.29 is 53.4 Å². The van der Waals surface area contributed by atoms with Crippen LogP contribution in [0, 0.1) is 17.5 Å². The molecule has 2 N–H and O–H groups in total. The van der Waals surface area contributed by atoms with Gasteiger partial charge in [-0.25, -0.2) is 13.2 Å². The zero-order valence-corrected chi connectivity index (χ0v) is 24.7. The Hall–Kier alpha value is -4.59. The fourth-order valence-corrected chi connectivity index (χ4v) is 5.20. The van der Waals surface area contributed by atoms with Crippen molar-refractivity contribution in [1.29, 1.82) is 0 Å². The van der Waals surface area contributed by atoms with E-state index in [4.69, 9.17) is 0 Å². The van der Waals surface area contributed by atoms with Crippen molar-refractivity contribution in [2.45, 2.75) is 56.1 Å². The Morgan fingerprint density at radius 2 is 1.50 bits per heavy atom. The molecule has 0 aromatic heterocycles. The molecule has 14 heteroatoms. The molecular formula is C34H26F10N2O2. The lowest BCUT2D eigenvalue weighted by Gasteiger charge is -2.37. The number of ether oxygens (including phenoxy) is 1. The molecule has 1 atom stereocenters. The molecule has 0 bridgehead atoms. The van der Waals surface area contributed by atoms with E-state index in [0.717, 1.165) is 37.1 Å². The molecule has 0 heterocycles. The highest BCUT2D eigenvalue weighted by atomic mass is 19.4. The number of benzene rings is 4. The third kappa shape index (κ3) is 7.92. The van der Waals surface area contributed by atoms with Gasteiger partial charge in [-0.15, -0.1) is 0 Å². The van der Waals surface area contributed by atoms with Gasteiger partial charge in [0.1, 0.15) is 23.2 Å². The minimum absolute atomic E-state index is 0.00469. The molecule has 0 radical (unpaired) electrons. The van der Waals surface area contributed by atoms with E-state index in [-0.39, 0.29) is 41.8 Å². The molecular weight excluding hydrogens is 658 g/mol. The molecule has 0 spiro atoms. The summed E-state index contributed by atoms with van der Waals surface area (Å²) >= 11 is 0. The fourth-order valence-electron chi connectivity index (χ4n) is 5.20. The van der Waals surface area contributed by atoms with Crippen molar-refractivity contribution in [1.82, 2.24) is 10.6 Å². The van der Waals surface area contributed by atoms with Gasteiger partial charge in [0.2, 0.25) is 0 Å². The van der Waals surface area contributed by atoms with Gasteiger partial charge in [-0.1, -0.05) is 36.4 Å². The standard InChI is InChI=1S/C34H26F10N2O2/c35-24-14-23(15-26(16-24)48-34(43,44)31(38)39)32(17-19-4-2-1-3-5-19,22-7-11-28(36)21(12-22)18-45-25-8-9-25)46-30(47)20-6-10-29(37)27(13-20)33(40,41)42/h1-7,10-16,25,31,45H,8-9,17-18H2,(H,46,47)/t32-/m1/s1.